The molecule has 4 aromatic rings. The number of hydrogen-bond donors (Lipinski definition) is 1. The number of benzene rings is 2. The highest BCUT2D eigenvalue weighted by Crippen LogP contribution is 2.17. The van der Waals surface area contributed by atoms with Gasteiger partial charge in [-0.1, -0.05) is 30.3 Å². The van der Waals surface area contributed by atoms with Crippen molar-refractivity contribution in [3.8, 4) is 0 Å². The van der Waals surface area contributed by atoms with Crippen molar-refractivity contribution in [3.05, 3.63) is 96.1 Å². The molecule has 0 fully saturated rings. The van der Waals surface area contributed by atoms with Crippen molar-refractivity contribution in [2.75, 3.05) is 13.6 Å². The molecule has 7 heteroatoms. The minimum atomic E-state index is -0.122. The van der Waals surface area contributed by atoms with Crippen LogP contribution in [0, 0.1) is 0 Å². The van der Waals surface area contributed by atoms with Crippen molar-refractivity contribution in [3.63, 3.8) is 0 Å². The summed E-state index contributed by atoms with van der Waals surface area (Å²) < 4.78 is 1.79. The molecule has 1 atom stereocenters. The van der Waals surface area contributed by atoms with E-state index >= 15 is 0 Å². The quantitative estimate of drug-likeness (QED) is 0.454. The number of aromatic nitrogens is 3. The molecule has 0 aliphatic heterocycles. The summed E-state index contributed by atoms with van der Waals surface area (Å²) in [6, 6.07) is 19.0. The molecule has 168 valence electrons. The first-order valence-corrected chi connectivity index (χ1v) is 10.9. The smallest absolute Gasteiger partial charge is 0.267 e. The zero-order valence-electron chi connectivity index (χ0n) is 18.8. The van der Waals surface area contributed by atoms with Crippen LogP contribution in [0.1, 0.15) is 32.8 Å². The molecule has 1 unspecified atom stereocenters. The van der Waals surface area contributed by atoms with Gasteiger partial charge in [-0.25, -0.2) is 0 Å². The number of nitrogens with one attached hydrogen (secondary N) is 1. The normalized spacial score (nSPS) is 11.8. The van der Waals surface area contributed by atoms with Crippen molar-refractivity contribution < 1.29 is 9.59 Å². The second-order valence-electron chi connectivity index (χ2n) is 8.07. The summed E-state index contributed by atoms with van der Waals surface area (Å²) in [5.74, 6) is -0.208. The number of fused-ring (bicyclic) bond motifs is 1. The van der Waals surface area contributed by atoms with Crippen LogP contribution in [0.25, 0.3) is 11.0 Å². The average molecular weight is 442 g/mol. The topological polar surface area (TPSA) is 80.1 Å². The van der Waals surface area contributed by atoms with Gasteiger partial charge in [0.1, 0.15) is 5.69 Å². The third-order valence-electron chi connectivity index (χ3n) is 5.84. The van der Waals surface area contributed by atoms with E-state index in [9.17, 15) is 9.59 Å². The fourth-order valence-corrected chi connectivity index (χ4v) is 3.92. The van der Waals surface area contributed by atoms with Crippen LogP contribution in [0.2, 0.25) is 0 Å². The van der Waals surface area contributed by atoms with Crippen molar-refractivity contribution in [1.82, 2.24) is 24.8 Å². The van der Waals surface area contributed by atoms with Gasteiger partial charge in [0.15, 0.2) is 0 Å². The average Bonchev–Trinajstić information content (AvgIpc) is 3.28. The zero-order valence-corrected chi connectivity index (χ0v) is 18.8. The first-order valence-electron chi connectivity index (χ1n) is 10.9. The summed E-state index contributed by atoms with van der Waals surface area (Å²) in [6.07, 6.45) is 6.41. The Bertz CT molecular complexity index is 1250. The molecule has 0 saturated heterocycles. The number of rotatable bonds is 8. The number of carbonyl (C=O) groups excluding carboxylic acids is 2. The molecular formula is C26H27N5O2. The van der Waals surface area contributed by atoms with Crippen LogP contribution in [0.3, 0.4) is 0 Å². The molecule has 0 spiro atoms. The number of carbonyl (C=O) groups is 2. The Labute approximate surface area is 193 Å². The monoisotopic (exact) mass is 441 g/mol. The molecule has 33 heavy (non-hydrogen) atoms. The highest BCUT2D eigenvalue weighted by atomic mass is 16.2. The summed E-state index contributed by atoms with van der Waals surface area (Å²) in [6.45, 7) is 0.461. The third kappa shape index (κ3) is 5.26. The van der Waals surface area contributed by atoms with Crippen molar-refractivity contribution in [2.45, 2.75) is 18.9 Å². The van der Waals surface area contributed by atoms with Gasteiger partial charge in [0.25, 0.3) is 11.8 Å². The molecule has 2 heterocycles. The van der Waals surface area contributed by atoms with Gasteiger partial charge in [-0.05, 0) is 48.7 Å². The van der Waals surface area contributed by atoms with Gasteiger partial charge in [-0.2, -0.15) is 0 Å². The van der Waals surface area contributed by atoms with Crippen LogP contribution >= 0.6 is 0 Å². The summed E-state index contributed by atoms with van der Waals surface area (Å²) in [4.78, 5) is 36.2. The van der Waals surface area contributed by atoms with E-state index in [1.807, 2.05) is 50.6 Å². The largest absolute Gasteiger partial charge is 0.351 e. The third-order valence-corrected chi connectivity index (χ3v) is 5.84. The SMILES string of the molecule is CN(C(=O)c1ccc2nccnc2c1)C(CCNC(=O)c1cccn1C)Cc1ccccc1. The van der Waals surface area contributed by atoms with E-state index in [-0.39, 0.29) is 17.9 Å². The number of nitrogens with zero attached hydrogens (tertiary/aromatic N) is 4. The molecule has 0 aliphatic rings. The lowest BCUT2D eigenvalue weighted by molar-refractivity contribution is 0.0723. The maximum Gasteiger partial charge on any atom is 0.267 e. The van der Waals surface area contributed by atoms with Gasteiger partial charge >= 0.3 is 0 Å². The minimum absolute atomic E-state index is 0.0859. The first kappa shape index (κ1) is 22.2. The van der Waals surface area contributed by atoms with E-state index in [1.165, 1.54) is 0 Å². The molecule has 0 radical (unpaired) electrons. The van der Waals surface area contributed by atoms with Crippen LogP contribution in [-0.4, -0.2) is 50.9 Å². The van der Waals surface area contributed by atoms with Crippen LogP contribution in [0.15, 0.2) is 79.3 Å². The Balaban J connectivity index is 1.49. The summed E-state index contributed by atoms with van der Waals surface area (Å²) >= 11 is 0. The maximum absolute atomic E-state index is 13.3. The van der Waals surface area contributed by atoms with Crippen molar-refractivity contribution in [2.24, 2.45) is 7.05 Å². The number of likely N-dealkylation sites (N-methyl/N-ethyl adjacent to an activating group) is 1. The minimum Gasteiger partial charge on any atom is -0.351 e. The summed E-state index contributed by atoms with van der Waals surface area (Å²) in [5, 5.41) is 2.98. The van der Waals surface area contributed by atoms with Crippen LogP contribution < -0.4 is 5.32 Å². The Morgan fingerprint density at radius 1 is 1.00 bits per heavy atom. The van der Waals surface area contributed by atoms with Crippen molar-refractivity contribution in [1.29, 1.82) is 0 Å². The molecule has 0 bridgehead atoms. The molecule has 7 nitrogen and oxygen atoms in total. The zero-order chi connectivity index (χ0) is 23.2. The lowest BCUT2D eigenvalue weighted by atomic mass is 10.0. The molecular weight excluding hydrogens is 414 g/mol. The van der Waals surface area contributed by atoms with E-state index in [0.29, 0.717) is 36.2 Å². The molecule has 1 N–H and O–H groups in total. The number of hydrogen-bond acceptors (Lipinski definition) is 4. The molecule has 2 aromatic heterocycles. The number of amides is 2. The number of aryl methyl sites for hydroxylation is 1. The molecule has 4 rings (SSSR count). The Hall–Kier alpha value is -4.00. The molecule has 2 amide bonds. The van der Waals surface area contributed by atoms with E-state index in [0.717, 1.165) is 11.1 Å². The fraction of sp³-hybridized carbons (Fsp3) is 0.231. The van der Waals surface area contributed by atoms with Gasteiger partial charge < -0.3 is 14.8 Å². The second kappa shape index (κ2) is 10.1. The van der Waals surface area contributed by atoms with E-state index < -0.39 is 0 Å². The predicted octanol–water partition coefficient (Wildman–Crippen LogP) is 3.47. The van der Waals surface area contributed by atoms with Crippen LogP contribution in [0.4, 0.5) is 0 Å². The fourth-order valence-electron chi connectivity index (χ4n) is 3.92. The van der Waals surface area contributed by atoms with Gasteiger partial charge in [-0.3, -0.25) is 19.6 Å². The summed E-state index contributed by atoms with van der Waals surface area (Å²) in [5.41, 5.74) is 3.75. The van der Waals surface area contributed by atoms with E-state index in [2.05, 4.69) is 27.4 Å². The predicted molar refractivity (Wildman–Crippen MR) is 128 cm³/mol. The highest BCUT2D eigenvalue weighted by molar-refractivity contribution is 5.97. The lowest BCUT2D eigenvalue weighted by Gasteiger charge is -2.29. The second-order valence-corrected chi connectivity index (χ2v) is 8.07. The first-order chi connectivity index (χ1) is 16.0. The van der Waals surface area contributed by atoms with Gasteiger partial charge in [0, 0.05) is 50.8 Å². The molecule has 0 aliphatic carbocycles. The standard InChI is InChI=1S/C26H27N5O2/c1-30-16-6-9-24(30)25(32)29-13-12-21(17-19-7-4-3-5-8-19)31(2)26(33)20-10-11-22-23(18-20)28-15-14-27-22/h3-11,14-16,18,21H,12-13,17H2,1-2H3,(H,29,32). The van der Waals surface area contributed by atoms with Crippen LogP contribution in [0.5, 0.6) is 0 Å². The van der Waals surface area contributed by atoms with E-state index in [4.69, 9.17) is 0 Å². The van der Waals surface area contributed by atoms with Gasteiger partial charge in [0.05, 0.1) is 11.0 Å². The van der Waals surface area contributed by atoms with Gasteiger partial charge in [-0.15, -0.1) is 0 Å². The lowest BCUT2D eigenvalue weighted by Crippen LogP contribution is -2.41. The maximum atomic E-state index is 13.3. The Morgan fingerprint density at radius 2 is 1.76 bits per heavy atom. The van der Waals surface area contributed by atoms with Crippen molar-refractivity contribution >= 4 is 22.8 Å². The Morgan fingerprint density at radius 3 is 2.48 bits per heavy atom. The van der Waals surface area contributed by atoms with E-state index in [1.54, 1.807) is 40.1 Å². The Kier molecular flexibility index (Phi) is 6.78. The van der Waals surface area contributed by atoms with Gasteiger partial charge in [0.2, 0.25) is 0 Å². The molecule has 2 aromatic carbocycles. The molecule has 0 saturated carbocycles. The summed E-state index contributed by atoms with van der Waals surface area (Å²) in [7, 11) is 3.66. The van der Waals surface area contributed by atoms with Crippen LogP contribution in [-0.2, 0) is 13.5 Å². The highest BCUT2D eigenvalue weighted by Gasteiger charge is 2.22.